The summed E-state index contributed by atoms with van der Waals surface area (Å²) in [7, 11) is 0. The molecule has 160 valence electrons. The summed E-state index contributed by atoms with van der Waals surface area (Å²) >= 11 is 0. The third-order valence-corrected chi connectivity index (χ3v) is 5.33. The number of aryl methyl sites for hydroxylation is 2. The summed E-state index contributed by atoms with van der Waals surface area (Å²) < 4.78 is 5.96. The van der Waals surface area contributed by atoms with E-state index in [2.05, 4.69) is 30.5 Å². The Morgan fingerprint density at radius 2 is 1.77 bits per heavy atom. The van der Waals surface area contributed by atoms with Gasteiger partial charge in [0, 0.05) is 11.7 Å². The topological polar surface area (TPSA) is 70.7 Å². The molecule has 2 N–H and O–H groups in total. The molecule has 6 nitrogen and oxygen atoms in total. The Balaban J connectivity index is 1.73. The largest absolute Gasteiger partial charge is 0.477 e. The summed E-state index contributed by atoms with van der Waals surface area (Å²) in [4.78, 5) is 27.4. The second-order valence-electron chi connectivity index (χ2n) is 7.90. The van der Waals surface area contributed by atoms with Gasteiger partial charge in [-0.15, -0.1) is 0 Å². The number of hydrogen-bond acceptors (Lipinski definition) is 4. The molecule has 1 atom stereocenters. The van der Waals surface area contributed by atoms with E-state index in [1.165, 1.54) is 0 Å². The van der Waals surface area contributed by atoms with Gasteiger partial charge in [0.15, 0.2) is 6.10 Å². The van der Waals surface area contributed by atoms with Crippen LogP contribution in [0, 0.1) is 13.8 Å². The fraction of sp³-hybridized carbons (Fsp3) is 0.417. The van der Waals surface area contributed by atoms with Crippen molar-refractivity contribution in [3.63, 3.8) is 0 Å². The van der Waals surface area contributed by atoms with Crippen molar-refractivity contribution < 1.29 is 14.3 Å². The van der Waals surface area contributed by atoms with E-state index < -0.39 is 6.10 Å². The van der Waals surface area contributed by atoms with Gasteiger partial charge in [-0.25, -0.2) is 0 Å². The maximum Gasteiger partial charge on any atom is 0.263 e. The molecule has 1 heterocycles. The second kappa shape index (κ2) is 9.65. The molecule has 0 saturated heterocycles. The van der Waals surface area contributed by atoms with Crippen LogP contribution in [0.1, 0.15) is 37.8 Å². The number of hydrogen-bond donors (Lipinski definition) is 2. The molecule has 3 rings (SSSR count). The summed E-state index contributed by atoms with van der Waals surface area (Å²) in [5.74, 6) is 0.349. The number of rotatable bonds is 7. The number of nitrogens with one attached hydrogen (secondary N) is 2. The van der Waals surface area contributed by atoms with Crippen LogP contribution >= 0.6 is 0 Å². The van der Waals surface area contributed by atoms with Crippen LogP contribution in [0.3, 0.4) is 0 Å². The van der Waals surface area contributed by atoms with Crippen LogP contribution in [0.2, 0.25) is 0 Å². The first-order valence-corrected chi connectivity index (χ1v) is 10.6. The maximum atomic E-state index is 12.8. The number of nitrogens with zero attached hydrogens (tertiary/aromatic N) is 1. The van der Waals surface area contributed by atoms with E-state index >= 15 is 0 Å². The first-order valence-electron chi connectivity index (χ1n) is 10.6. The summed E-state index contributed by atoms with van der Waals surface area (Å²) in [5, 5.41) is 6.03. The highest BCUT2D eigenvalue weighted by molar-refractivity contribution is 5.95. The number of amides is 2. The third kappa shape index (κ3) is 5.32. The van der Waals surface area contributed by atoms with Crippen LogP contribution < -0.4 is 20.3 Å². The summed E-state index contributed by atoms with van der Waals surface area (Å²) in [6.07, 6.45) is 1.08. The van der Waals surface area contributed by atoms with E-state index in [0.717, 1.165) is 35.3 Å². The van der Waals surface area contributed by atoms with E-state index in [1.54, 1.807) is 0 Å². The molecule has 1 unspecified atom stereocenters. The first-order chi connectivity index (χ1) is 14.4. The molecule has 6 heteroatoms. The summed E-state index contributed by atoms with van der Waals surface area (Å²) in [5.41, 5.74) is 3.79. The van der Waals surface area contributed by atoms with Crippen molar-refractivity contribution in [2.75, 3.05) is 23.3 Å². The van der Waals surface area contributed by atoms with Gasteiger partial charge in [0.25, 0.3) is 5.91 Å². The molecule has 1 aliphatic rings. The molecule has 0 bridgehead atoms. The summed E-state index contributed by atoms with van der Waals surface area (Å²) in [6, 6.07) is 13.6. The Morgan fingerprint density at radius 3 is 2.43 bits per heavy atom. The zero-order valence-electron chi connectivity index (χ0n) is 18.2. The van der Waals surface area contributed by atoms with E-state index in [1.807, 2.05) is 55.1 Å². The number of ether oxygens (including phenoxy) is 1. The van der Waals surface area contributed by atoms with Gasteiger partial charge in [-0.3, -0.25) is 9.59 Å². The molecule has 0 aliphatic carbocycles. The van der Waals surface area contributed by atoms with Crippen molar-refractivity contribution in [2.24, 2.45) is 0 Å². The molecular formula is C24H31N3O3. The Hall–Kier alpha value is -3.02. The molecule has 0 radical (unpaired) electrons. The molecule has 30 heavy (non-hydrogen) atoms. The van der Waals surface area contributed by atoms with Gasteiger partial charge in [0.05, 0.1) is 18.8 Å². The van der Waals surface area contributed by atoms with Crippen LogP contribution in [0.25, 0.3) is 0 Å². The van der Waals surface area contributed by atoms with Crippen molar-refractivity contribution in [2.45, 2.75) is 52.7 Å². The highest BCUT2D eigenvalue weighted by atomic mass is 16.5. The number of carbonyl (C=O) groups is 2. The Morgan fingerprint density at radius 1 is 1.10 bits per heavy atom. The van der Waals surface area contributed by atoms with Crippen molar-refractivity contribution >= 4 is 23.2 Å². The lowest BCUT2D eigenvalue weighted by molar-refractivity contribution is -0.129. The number of carbonyl (C=O) groups excluding carboxylic acids is 2. The van der Waals surface area contributed by atoms with Crippen molar-refractivity contribution in [3.8, 4) is 5.75 Å². The Labute approximate surface area is 178 Å². The minimum atomic E-state index is -0.658. The average molecular weight is 410 g/mol. The molecule has 2 aromatic rings. The molecule has 0 aromatic heterocycles. The summed E-state index contributed by atoms with van der Waals surface area (Å²) in [6.45, 7) is 8.57. The Kier molecular flexibility index (Phi) is 6.98. The van der Waals surface area contributed by atoms with Gasteiger partial charge < -0.3 is 20.3 Å². The zero-order chi connectivity index (χ0) is 21.7. The minimum absolute atomic E-state index is 0.125. The van der Waals surface area contributed by atoms with Crippen LogP contribution in [0.4, 0.5) is 11.4 Å². The highest BCUT2D eigenvalue weighted by Crippen LogP contribution is 2.33. The van der Waals surface area contributed by atoms with Crippen LogP contribution in [0.15, 0.2) is 42.5 Å². The molecular weight excluding hydrogens is 378 g/mol. The fourth-order valence-electron chi connectivity index (χ4n) is 3.80. The maximum absolute atomic E-state index is 12.8. The number of anilines is 2. The van der Waals surface area contributed by atoms with Gasteiger partial charge >= 0.3 is 0 Å². The normalized spacial score (nSPS) is 15.4. The standard InChI is InChI=1S/C24H31N3O3/c1-5-18(6-2)26-24(29)22-14-27(20-9-7-8-10-21(20)30-22)15-23(28)25-19-12-16(3)11-17(4)13-19/h7-13,18,22H,5-6,14-15H2,1-4H3,(H,25,28)(H,26,29). The molecule has 0 fully saturated rings. The van der Waals surface area contributed by atoms with Gasteiger partial charge in [0.2, 0.25) is 5.91 Å². The lowest BCUT2D eigenvalue weighted by Crippen LogP contribution is -2.52. The van der Waals surface area contributed by atoms with Gasteiger partial charge in [0.1, 0.15) is 5.75 Å². The Bertz CT molecular complexity index is 888. The predicted octanol–water partition coefficient (Wildman–Crippen LogP) is 3.81. The number of benzene rings is 2. The SMILES string of the molecule is CCC(CC)NC(=O)C1CN(CC(=O)Nc2cc(C)cc(C)c2)c2ccccc2O1. The lowest BCUT2D eigenvalue weighted by atomic mass is 10.1. The molecule has 0 saturated carbocycles. The van der Waals surface area contributed by atoms with Crippen LogP contribution in [-0.2, 0) is 9.59 Å². The fourth-order valence-corrected chi connectivity index (χ4v) is 3.80. The first kappa shape index (κ1) is 21.7. The average Bonchev–Trinajstić information content (AvgIpc) is 2.70. The van der Waals surface area contributed by atoms with Crippen molar-refractivity contribution in [3.05, 3.63) is 53.6 Å². The van der Waals surface area contributed by atoms with Crippen LogP contribution in [0.5, 0.6) is 5.75 Å². The lowest BCUT2D eigenvalue weighted by Gasteiger charge is -2.35. The smallest absolute Gasteiger partial charge is 0.263 e. The minimum Gasteiger partial charge on any atom is -0.477 e. The quantitative estimate of drug-likeness (QED) is 0.729. The van der Waals surface area contributed by atoms with E-state index in [-0.39, 0.29) is 24.4 Å². The number of fused-ring (bicyclic) bond motifs is 1. The van der Waals surface area contributed by atoms with Gasteiger partial charge in [-0.05, 0) is 62.1 Å². The van der Waals surface area contributed by atoms with E-state index in [0.29, 0.717) is 12.3 Å². The molecule has 0 spiro atoms. The molecule has 2 aromatic carbocycles. The van der Waals surface area contributed by atoms with Crippen LogP contribution in [-0.4, -0.2) is 37.0 Å². The third-order valence-electron chi connectivity index (χ3n) is 5.33. The molecule has 1 aliphatic heterocycles. The van der Waals surface area contributed by atoms with Crippen molar-refractivity contribution in [1.29, 1.82) is 0 Å². The van der Waals surface area contributed by atoms with E-state index in [9.17, 15) is 9.59 Å². The molecule has 2 amide bonds. The van der Waals surface area contributed by atoms with Gasteiger partial charge in [-0.1, -0.05) is 32.0 Å². The second-order valence-corrected chi connectivity index (χ2v) is 7.90. The highest BCUT2D eigenvalue weighted by Gasteiger charge is 2.32. The zero-order valence-corrected chi connectivity index (χ0v) is 18.2. The monoisotopic (exact) mass is 409 g/mol. The van der Waals surface area contributed by atoms with Gasteiger partial charge in [-0.2, -0.15) is 0 Å². The van der Waals surface area contributed by atoms with E-state index in [4.69, 9.17) is 4.74 Å². The predicted molar refractivity (Wildman–Crippen MR) is 120 cm³/mol. The van der Waals surface area contributed by atoms with Crippen molar-refractivity contribution in [1.82, 2.24) is 5.32 Å². The number of para-hydroxylation sites is 2.